The summed E-state index contributed by atoms with van der Waals surface area (Å²) in [7, 11) is 1.92. The minimum absolute atomic E-state index is 0.180. The number of rotatable bonds is 2. The molecule has 0 saturated heterocycles. The van der Waals surface area contributed by atoms with Crippen molar-refractivity contribution < 1.29 is 4.79 Å². The first-order chi connectivity index (χ1) is 6.63. The number of hydrogen-bond donors (Lipinski definition) is 1. The van der Waals surface area contributed by atoms with Crippen LogP contribution in [0.25, 0.3) is 0 Å². The quantitative estimate of drug-likeness (QED) is 0.723. The van der Waals surface area contributed by atoms with Gasteiger partial charge in [0, 0.05) is 13.1 Å². The SMILES string of the molecule is CN(C(=O)C1(N)CCCC1)C1CCC1. The van der Waals surface area contributed by atoms with Crippen LogP contribution >= 0.6 is 0 Å². The van der Waals surface area contributed by atoms with E-state index in [0.29, 0.717) is 6.04 Å². The first-order valence-corrected chi connectivity index (χ1v) is 5.70. The Morgan fingerprint density at radius 1 is 1.29 bits per heavy atom. The van der Waals surface area contributed by atoms with Crippen molar-refractivity contribution in [2.45, 2.75) is 56.5 Å². The van der Waals surface area contributed by atoms with Gasteiger partial charge in [-0.05, 0) is 32.1 Å². The number of amides is 1. The average molecular weight is 196 g/mol. The normalized spacial score (nSPS) is 25.9. The first-order valence-electron chi connectivity index (χ1n) is 5.70. The summed E-state index contributed by atoms with van der Waals surface area (Å²) in [6, 6.07) is 0.475. The topological polar surface area (TPSA) is 46.3 Å². The highest BCUT2D eigenvalue weighted by atomic mass is 16.2. The zero-order valence-electron chi connectivity index (χ0n) is 8.96. The Bertz CT molecular complexity index is 229. The molecule has 2 fully saturated rings. The van der Waals surface area contributed by atoms with Crippen molar-refractivity contribution in [3.05, 3.63) is 0 Å². The van der Waals surface area contributed by atoms with Gasteiger partial charge in [0.2, 0.25) is 5.91 Å². The lowest BCUT2D eigenvalue weighted by molar-refractivity contribution is -0.139. The molecule has 0 aliphatic heterocycles. The van der Waals surface area contributed by atoms with Crippen LogP contribution in [0.4, 0.5) is 0 Å². The summed E-state index contributed by atoms with van der Waals surface area (Å²) in [6.07, 6.45) is 7.57. The molecule has 0 heterocycles. The van der Waals surface area contributed by atoms with E-state index in [2.05, 4.69) is 0 Å². The fourth-order valence-electron chi connectivity index (χ4n) is 2.51. The fraction of sp³-hybridized carbons (Fsp3) is 0.909. The molecule has 2 aliphatic carbocycles. The van der Waals surface area contributed by atoms with Crippen molar-refractivity contribution in [3.8, 4) is 0 Å². The molecule has 0 aromatic carbocycles. The van der Waals surface area contributed by atoms with Gasteiger partial charge in [0.1, 0.15) is 0 Å². The second kappa shape index (κ2) is 3.54. The van der Waals surface area contributed by atoms with E-state index in [1.807, 2.05) is 11.9 Å². The monoisotopic (exact) mass is 196 g/mol. The van der Waals surface area contributed by atoms with Crippen LogP contribution in [-0.4, -0.2) is 29.4 Å². The zero-order valence-corrected chi connectivity index (χ0v) is 8.96. The molecular formula is C11H20N2O. The lowest BCUT2D eigenvalue weighted by Gasteiger charge is -2.39. The van der Waals surface area contributed by atoms with E-state index in [1.54, 1.807) is 0 Å². The third-order valence-electron chi connectivity index (χ3n) is 3.86. The number of nitrogens with two attached hydrogens (primary N) is 1. The molecule has 2 rings (SSSR count). The van der Waals surface area contributed by atoms with Crippen LogP contribution in [0.3, 0.4) is 0 Å². The largest absolute Gasteiger partial charge is 0.341 e. The summed E-state index contributed by atoms with van der Waals surface area (Å²) < 4.78 is 0. The summed E-state index contributed by atoms with van der Waals surface area (Å²) in [5, 5.41) is 0. The highest BCUT2D eigenvalue weighted by Crippen LogP contribution is 2.32. The molecule has 0 spiro atoms. The van der Waals surface area contributed by atoms with Gasteiger partial charge in [0.05, 0.1) is 5.54 Å². The molecule has 0 unspecified atom stereocenters. The third kappa shape index (κ3) is 1.54. The molecule has 3 heteroatoms. The summed E-state index contributed by atoms with van der Waals surface area (Å²) in [6.45, 7) is 0. The van der Waals surface area contributed by atoms with Gasteiger partial charge >= 0.3 is 0 Å². The van der Waals surface area contributed by atoms with Gasteiger partial charge in [0.25, 0.3) is 0 Å². The van der Waals surface area contributed by atoms with Gasteiger partial charge in [-0.2, -0.15) is 0 Å². The predicted octanol–water partition coefficient (Wildman–Crippen LogP) is 1.27. The van der Waals surface area contributed by atoms with Crippen LogP contribution < -0.4 is 5.73 Å². The Kier molecular flexibility index (Phi) is 2.52. The van der Waals surface area contributed by atoms with E-state index in [1.165, 1.54) is 19.3 Å². The smallest absolute Gasteiger partial charge is 0.242 e. The molecule has 0 atom stereocenters. The second-order valence-electron chi connectivity index (χ2n) is 4.86. The Morgan fingerprint density at radius 2 is 1.86 bits per heavy atom. The number of hydrogen-bond acceptors (Lipinski definition) is 2. The van der Waals surface area contributed by atoms with Crippen molar-refractivity contribution in [2.75, 3.05) is 7.05 Å². The van der Waals surface area contributed by atoms with Gasteiger partial charge in [0.15, 0.2) is 0 Å². The molecule has 0 aromatic rings. The number of carbonyl (C=O) groups excluding carboxylic acids is 1. The maximum absolute atomic E-state index is 12.1. The van der Waals surface area contributed by atoms with Crippen molar-refractivity contribution >= 4 is 5.91 Å². The van der Waals surface area contributed by atoms with Gasteiger partial charge in [-0.3, -0.25) is 4.79 Å². The van der Waals surface area contributed by atoms with E-state index in [-0.39, 0.29) is 5.91 Å². The molecular weight excluding hydrogens is 176 g/mol. The lowest BCUT2D eigenvalue weighted by Crippen LogP contribution is -2.56. The van der Waals surface area contributed by atoms with Gasteiger partial charge in [-0.1, -0.05) is 12.8 Å². The highest BCUT2D eigenvalue weighted by molar-refractivity contribution is 5.86. The third-order valence-corrected chi connectivity index (χ3v) is 3.86. The van der Waals surface area contributed by atoms with Crippen LogP contribution in [0.15, 0.2) is 0 Å². The summed E-state index contributed by atoms with van der Waals surface area (Å²) in [5.41, 5.74) is 5.61. The summed E-state index contributed by atoms with van der Waals surface area (Å²) in [4.78, 5) is 14.0. The van der Waals surface area contributed by atoms with Gasteiger partial charge in [-0.25, -0.2) is 0 Å². The van der Waals surface area contributed by atoms with Crippen molar-refractivity contribution in [1.29, 1.82) is 0 Å². The van der Waals surface area contributed by atoms with Crippen LogP contribution in [0.5, 0.6) is 0 Å². The van der Waals surface area contributed by atoms with Crippen molar-refractivity contribution in [1.82, 2.24) is 4.90 Å². The van der Waals surface area contributed by atoms with Crippen LogP contribution in [0, 0.1) is 0 Å². The molecule has 2 saturated carbocycles. The lowest BCUT2D eigenvalue weighted by atomic mass is 9.89. The van der Waals surface area contributed by atoms with Gasteiger partial charge < -0.3 is 10.6 Å². The van der Waals surface area contributed by atoms with Crippen molar-refractivity contribution in [3.63, 3.8) is 0 Å². The van der Waals surface area contributed by atoms with Crippen LogP contribution in [-0.2, 0) is 4.79 Å². The minimum atomic E-state index is -0.523. The highest BCUT2D eigenvalue weighted by Gasteiger charge is 2.41. The molecule has 3 nitrogen and oxygen atoms in total. The maximum atomic E-state index is 12.1. The molecule has 2 N–H and O–H groups in total. The first kappa shape index (κ1) is 9.97. The molecule has 2 aliphatic rings. The molecule has 80 valence electrons. The van der Waals surface area contributed by atoms with E-state index in [9.17, 15) is 4.79 Å². The number of nitrogens with zero attached hydrogens (tertiary/aromatic N) is 1. The van der Waals surface area contributed by atoms with Crippen LogP contribution in [0.1, 0.15) is 44.9 Å². The Hall–Kier alpha value is -0.570. The predicted molar refractivity (Wildman–Crippen MR) is 55.8 cm³/mol. The van der Waals surface area contributed by atoms with Crippen LogP contribution in [0.2, 0.25) is 0 Å². The Balaban J connectivity index is 1.98. The summed E-state index contributed by atoms with van der Waals surface area (Å²) >= 11 is 0. The Labute approximate surface area is 85.6 Å². The maximum Gasteiger partial charge on any atom is 0.242 e. The fourth-order valence-corrected chi connectivity index (χ4v) is 2.51. The molecule has 1 amide bonds. The standard InChI is InChI=1S/C11H20N2O/c1-13(9-5-4-6-9)10(14)11(12)7-2-3-8-11/h9H,2-8,12H2,1H3. The molecule has 0 radical (unpaired) electrons. The minimum Gasteiger partial charge on any atom is -0.341 e. The molecule has 14 heavy (non-hydrogen) atoms. The van der Waals surface area contributed by atoms with E-state index < -0.39 is 5.54 Å². The van der Waals surface area contributed by atoms with E-state index in [0.717, 1.165) is 25.7 Å². The Morgan fingerprint density at radius 3 is 2.29 bits per heavy atom. The second-order valence-corrected chi connectivity index (χ2v) is 4.86. The van der Waals surface area contributed by atoms with Gasteiger partial charge in [-0.15, -0.1) is 0 Å². The average Bonchev–Trinajstić information content (AvgIpc) is 2.49. The van der Waals surface area contributed by atoms with E-state index >= 15 is 0 Å². The zero-order chi connectivity index (χ0) is 10.2. The summed E-state index contributed by atoms with van der Waals surface area (Å²) in [5.74, 6) is 0.180. The van der Waals surface area contributed by atoms with E-state index in [4.69, 9.17) is 5.73 Å². The molecule has 0 bridgehead atoms. The number of carbonyl (C=O) groups is 1. The molecule has 0 aromatic heterocycles. The number of likely N-dealkylation sites (N-methyl/N-ethyl adjacent to an activating group) is 1. The van der Waals surface area contributed by atoms with Crippen molar-refractivity contribution in [2.24, 2.45) is 5.73 Å².